The first-order chi connectivity index (χ1) is 17.0. The molecule has 5 aliphatic rings. The predicted molar refractivity (Wildman–Crippen MR) is 134 cm³/mol. The average Bonchev–Trinajstić information content (AvgIpc) is 3.55. The van der Waals surface area contributed by atoms with Crippen LogP contribution in [0.25, 0.3) is 0 Å². The largest absolute Gasteiger partial charge is 0.445 e. The number of carbonyl (C=O) groups excluding carboxylic acids is 3. The monoisotopic (exact) mass is 498 g/mol. The zero-order valence-corrected chi connectivity index (χ0v) is 22.2. The van der Waals surface area contributed by atoms with Gasteiger partial charge in [0.1, 0.15) is 11.9 Å². The number of rotatable bonds is 3. The molecule has 198 valence electrons. The van der Waals surface area contributed by atoms with Crippen LogP contribution in [0.15, 0.2) is 0 Å². The molecule has 0 aromatic carbocycles. The summed E-state index contributed by atoms with van der Waals surface area (Å²) >= 11 is 0. The zero-order chi connectivity index (χ0) is 26.0. The van der Waals surface area contributed by atoms with Crippen LogP contribution in [-0.4, -0.2) is 59.6 Å². The number of hydrogen-bond acceptors (Lipinski definition) is 6. The molecule has 4 bridgehead atoms. The Labute approximate surface area is 215 Å². The summed E-state index contributed by atoms with van der Waals surface area (Å²) in [5.74, 6) is 2.55. The summed E-state index contributed by atoms with van der Waals surface area (Å²) in [6.07, 6.45) is 8.37. The third-order valence-electron chi connectivity index (χ3n) is 11.6. The fourth-order valence-corrected chi connectivity index (χ4v) is 9.20. The highest BCUT2D eigenvalue weighted by Gasteiger charge is 2.68. The normalized spacial score (nSPS) is 49.5. The molecule has 0 radical (unpaired) electrons. The number of Topliss-reactive ketones (excluding diaryl/α,β-unsaturated/α-hetero) is 1. The molecule has 11 atom stereocenters. The number of aliphatic hydroxyl groups is 1. The van der Waals surface area contributed by atoms with Crippen LogP contribution in [0, 0.1) is 58.2 Å². The number of amides is 2. The number of nitrogens with zero attached hydrogens (tertiary/aromatic N) is 1. The Morgan fingerprint density at radius 1 is 1.22 bits per heavy atom. The van der Waals surface area contributed by atoms with E-state index < -0.39 is 29.1 Å². The molecular formula is C29H42N2O5. The molecule has 5 fully saturated rings. The van der Waals surface area contributed by atoms with Crippen LogP contribution in [0.1, 0.15) is 72.6 Å². The number of piperidine rings is 1. The molecule has 36 heavy (non-hydrogen) atoms. The maximum atomic E-state index is 13.5. The number of alkyl carbamates (subject to hydrolysis) is 1. The number of terminal acetylenes is 1. The van der Waals surface area contributed by atoms with Gasteiger partial charge in [-0.2, -0.15) is 0 Å². The topological polar surface area (TPSA) is 95.9 Å². The molecule has 3 unspecified atom stereocenters. The van der Waals surface area contributed by atoms with Crippen molar-refractivity contribution < 1.29 is 24.2 Å². The van der Waals surface area contributed by atoms with E-state index in [0.29, 0.717) is 31.7 Å². The fourth-order valence-electron chi connectivity index (χ4n) is 9.20. The van der Waals surface area contributed by atoms with Crippen LogP contribution >= 0.6 is 0 Å². The van der Waals surface area contributed by atoms with Crippen LogP contribution < -0.4 is 5.32 Å². The number of aliphatic hydroxyl groups excluding tert-OH is 1. The van der Waals surface area contributed by atoms with Crippen molar-refractivity contribution >= 4 is 17.8 Å². The van der Waals surface area contributed by atoms with Gasteiger partial charge >= 0.3 is 6.09 Å². The molecule has 3 saturated carbocycles. The SMILES string of the molecule is C#CC[C@]1(C)C[C@@H](OC(=O)NC(=O)[C@H]2CN3CC[C@H]2C3)[C@@]2(C)C3C(=O)CCC3(CC[C@H]2C)[C@@H](C)[C@@H]1O. The van der Waals surface area contributed by atoms with Gasteiger partial charge in [-0.3, -0.25) is 14.9 Å². The lowest BCUT2D eigenvalue weighted by Gasteiger charge is -2.62. The molecule has 2 N–H and O–H groups in total. The molecule has 7 heteroatoms. The van der Waals surface area contributed by atoms with Crippen LogP contribution in [0.2, 0.25) is 0 Å². The van der Waals surface area contributed by atoms with E-state index in [1.807, 2.05) is 6.92 Å². The van der Waals surface area contributed by atoms with E-state index in [9.17, 15) is 19.5 Å². The van der Waals surface area contributed by atoms with E-state index in [2.05, 4.69) is 36.9 Å². The minimum atomic E-state index is -0.746. The smallest absolute Gasteiger partial charge is 0.414 e. The van der Waals surface area contributed by atoms with Gasteiger partial charge in [-0.25, -0.2) is 4.79 Å². The Morgan fingerprint density at radius 3 is 2.61 bits per heavy atom. The number of ether oxygens (including phenoxy) is 1. The Morgan fingerprint density at radius 2 is 1.97 bits per heavy atom. The third kappa shape index (κ3) is 3.66. The minimum Gasteiger partial charge on any atom is -0.445 e. The molecule has 3 aliphatic carbocycles. The van der Waals surface area contributed by atoms with Crippen molar-refractivity contribution in [1.29, 1.82) is 0 Å². The van der Waals surface area contributed by atoms with E-state index in [1.54, 1.807) is 0 Å². The average molecular weight is 499 g/mol. The van der Waals surface area contributed by atoms with Gasteiger partial charge in [-0.05, 0) is 61.8 Å². The van der Waals surface area contributed by atoms with Crippen molar-refractivity contribution in [2.75, 3.05) is 19.6 Å². The van der Waals surface area contributed by atoms with E-state index in [1.165, 1.54) is 0 Å². The number of hydrogen-bond donors (Lipinski definition) is 2. The van der Waals surface area contributed by atoms with Gasteiger partial charge in [-0.15, -0.1) is 12.3 Å². The molecule has 5 rings (SSSR count). The highest BCUT2D eigenvalue weighted by atomic mass is 16.6. The van der Waals surface area contributed by atoms with Gasteiger partial charge < -0.3 is 14.7 Å². The van der Waals surface area contributed by atoms with E-state index in [0.717, 1.165) is 38.8 Å². The summed E-state index contributed by atoms with van der Waals surface area (Å²) in [7, 11) is 0. The summed E-state index contributed by atoms with van der Waals surface area (Å²) in [6, 6.07) is 0. The Kier molecular flexibility index (Phi) is 6.32. The van der Waals surface area contributed by atoms with Crippen molar-refractivity contribution in [2.24, 2.45) is 45.8 Å². The summed E-state index contributed by atoms with van der Waals surface area (Å²) in [6.45, 7) is 10.9. The lowest BCUT2D eigenvalue weighted by atomic mass is 9.43. The highest BCUT2D eigenvalue weighted by molar-refractivity contribution is 5.93. The third-order valence-corrected chi connectivity index (χ3v) is 11.6. The Hall–Kier alpha value is -1.91. The second kappa shape index (κ2) is 8.84. The van der Waals surface area contributed by atoms with Crippen molar-refractivity contribution in [2.45, 2.75) is 84.8 Å². The number of imide groups is 1. The Bertz CT molecular complexity index is 991. The van der Waals surface area contributed by atoms with Gasteiger partial charge in [-0.1, -0.05) is 27.7 Å². The Balaban J connectivity index is 1.47. The maximum absolute atomic E-state index is 13.5. The summed E-state index contributed by atoms with van der Waals surface area (Å²) in [5, 5.41) is 14.2. The first-order valence-electron chi connectivity index (χ1n) is 13.8. The van der Waals surface area contributed by atoms with E-state index in [4.69, 9.17) is 11.2 Å². The van der Waals surface area contributed by atoms with Crippen molar-refractivity contribution in [3.63, 3.8) is 0 Å². The standard InChI is InChI=1S/C29H42N2O5/c1-6-10-27(4)14-22(36-26(35)30-25(34)20-16-31-13-9-19(20)15-31)28(5)17(2)7-11-29(18(3)24(27)33)12-8-21(32)23(28)29/h1,17-20,22-24,33H,7-16H2,2-5H3,(H,30,34,35)/t17-,18+,19+,20+,22-,23?,24+,27-,28+,29?/m1/s1. The van der Waals surface area contributed by atoms with Crippen molar-refractivity contribution in [3.8, 4) is 12.3 Å². The molecule has 0 aromatic heterocycles. The summed E-state index contributed by atoms with van der Waals surface area (Å²) in [4.78, 5) is 42.0. The second-order valence-corrected chi connectivity index (χ2v) is 13.2. The summed E-state index contributed by atoms with van der Waals surface area (Å²) in [5.41, 5.74) is -1.61. The van der Waals surface area contributed by atoms with E-state index >= 15 is 0 Å². The first kappa shape index (κ1) is 25.7. The molecular weight excluding hydrogens is 456 g/mol. The number of fused-ring (bicyclic) bond motifs is 2. The van der Waals surface area contributed by atoms with Crippen LogP contribution in [-0.2, 0) is 14.3 Å². The molecule has 2 aliphatic heterocycles. The van der Waals surface area contributed by atoms with Crippen LogP contribution in [0.4, 0.5) is 4.79 Å². The van der Waals surface area contributed by atoms with Crippen LogP contribution in [0.5, 0.6) is 0 Å². The molecule has 2 saturated heterocycles. The van der Waals surface area contributed by atoms with Crippen molar-refractivity contribution in [3.05, 3.63) is 0 Å². The molecule has 2 heterocycles. The molecule has 2 amide bonds. The van der Waals surface area contributed by atoms with Gasteiger partial charge in [0.15, 0.2) is 0 Å². The molecule has 0 aromatic rings. The fraction of sp³-hybridized carbons (Fsp3) is 0.828. The lowest BCUT2D eigenvalue weighted by molar-refractivity contribution is -0.197. The minimum absolute atomic E-state index is 0.0942. The van der Waals surface area contributed by atoms with Gasteiger partial charge in [0.25, 0.3) is 0 Å². The van der Waals surface area contributed by atoms with Crippen LogP contribution in [0.3, 0.4) is 0 Å². The van der Waals surface area contributed by atoms with Gasteiger partial charge in [0, 0.05) is 42.7 Å². The highest BCUT2D eigenvalue weighted by Crippen LogP contribution is 2.68. The first-order valence-corrected chi connectivity index (χ1v) is 13.8. The zero-order valence-electron chi connectivity index (χ0n) is 22.2. The molecule has 0 spiro atoms. The molecule has 7 nitrogen and oxygen atoms in total. The summed E-state index contributed by atoms with van der Waals surface area (Å²) < 4.78 is 6.16. The predicted octanol–water partition coefficient (Wildman–Crippen LogP) is 3.39. The second-order valence-electron chi connectivity index (χ2n) is 13.2. The number of ketones is 1. The quantitative estimate of drug-likeness (QED) is 0.579. The van der Waals surface area contributed by atoms with Gasteiger partial charge in [0.05, 0.1) is 12.0 Å². The number of nitrogens with one attached hydrogen (secondary N) is 1. The lowest BCUT2D eigenvalue weighted by Crippen LogP contribution is -2.63. The van der Waals surface area contributed by atoms with E-state index in [-0.39, 0.29) is 40.8 Å². The van der Waals surface area contributed by atoms with Gasteiger partial charge in [0.2, 0.25) is 5.91 Å². The maximum Gasteiger partial charge on any atom is 0.414 e. The van der Waals surface area contributed by atoms with Crippen molar-refractivity contribution in [1.82, 2.24) is 10.2 Å². The number of carbonyl (C=O) groups is 3.